The second-order valence-electron chi connectivity index (χ2n) is 15.6. The van der Waals surface area contributed by atoms with Crippen molar-refractivity contribution in [2.24, 2.45) is 0 Å². The van der Waals surface area contributed by atoms with Crippen molar-refractivity contribution in [1.29, 1.82) is 0 Å². The van der Waals surface area contributed by atoms with Gasteiger partial charge in [-0.3, -0.25) is 4.57 Å². The van der Waals surface area contributed by atoms with Crippen LogP contribution in [0.4, 0.5) is 0 Å². The third-order valence-corrected chi connectivity index (χ3v) is 12.4. The van der Waals surface area contributed by atoms with E-state index in [9.17, 15) is 0 Å². The SMILES string of the molecule is c1ccc(-n2c3ccccc3c3cc4c(cc32)c2ccccc2n4-c2ccc(-n3c(-c4ccc5ccccc5c4)nc4c5ccccc5c5ccccc5c43)cc2)cc1. The molecule has 0 bridgehead atoms. The minimum absolute atomic E-state index is 0.925. The molecule has 0 aliphatic heterocycles. The highest BCUT2D eigenvalue weighted by molar-refractivity contribution is 6.24. The number of benzene rings is 10. The lowest BCUT2D eigenvalue weighted by atomic mass is 10.00. The summed E-state index contributed by atoms with van der Waals surface area (Å²) in [7, 11) is 0. The molecule has 4 heteroatoms. The molecule has 13 rings (SSSR count). The molecule has 274 valence electrons. The van der Waals surface area contributed by atoms with Crippen LogP contribution in [0.25, 0.3) is 115 Å². The van der Waals surface area contributed by atoms with Crippen LogP contribution in [0.1, 0.15) is 0 Å². The van der Waals surface area contributed by atoms with Gasteiger partial charge in [0.05, 0.1) is 33.1 Å². The first-order valence-corrected chi connectivity index (χ1v) is 20.2. The molecule has 0 amide bonds. The predicted molar refractivity (Wildman–Crippen MR) is 248 cm³/mol. The Morgan fingerprint density at radius 3 is 1.41 bits per heavy atom. The van der Waals surface area contributed by atoms with Crippen LogP contribution < -0.4 is 0 Å². The van der Waals surface area contributed by atoms with Crippen molar-refractivity contribution in [2.45, 2.75) is 0 Å². The van der Waals surface area contributed by atoms with Crippen molar-refractivity contribution in [1.82, 2.24) is 18.7 Å². The van der Waals surface area contributed by atoms with Crippen molar-refractivity contribution in [3.8, 4) is 28.5 Å². The number of imidazole rings is 1. The Balaban J connectivity index is 1.07. The van der Waals surface area contributed by atoms with Crippen molar-refractivity contribution < 1.29 is 0 Å². The number of para-hydroxylation sites is 3. The highest BCUT2D eigenvalue weighted by Gasteiger charge is 2.22. The molecule has 0 aliphatic carbocycles. The molecule has 3 aromatic heterocycles. The van der Waals surface area contributed by atoms with E-state index >= 15 is 0 Å². The molecular weight excluding hydrogens is 717 g/mol. The third-order valence-electron chi connectivity index (χ3n) is 12.4. The molecule has 0 atom stereocenters. The molecule has 0 saturated heterocycles. The molecule has 3 heterocycles. The maximum Gasteiger partial charge on any atom is 0.145 e. The van der Waals surface area contributed by atoms with Crippen LogP contribution in [0.5, 0.6) is 0 Å². The average Bonchev–Trinajstić information content (AvgIpc) is 3.97. The Hall–Kier alpha value is -7.95. The molecule has 0 spiro atoms. The second-order valence-corrected chi connectivity index (χ2v) is 15.6. The van der Waals surface area contributed by atoms with Gasteiger partial charge in [-0.2, -0.15) is 0 Å². The van der Waals surface area contributed by atoms with E-state index in [1.807, 2.05) is 0 Å². The summed E-state index contributed by atoms with van der Waals surface area (Å²) >= 11 is 0. The smallest absolute Gasteiger partial charge is 0.145 e. The van der Waals surface area contributed by atoms with E-state index in [0.717, 1.165) is 44.9 Å². The Bertz CT molecular complexity index is 3830. The van der Waals surface area contributed by atoms with Gasteiger partial charge in [0.1, 0.15) is 5.82 Å². The third kappa shape index (κ3) is 4.63. The number of nitrogens with zero attached hydrogens (tertiary/aromatic N) is 4. The van der Waals surface area contributed by atoms with Crippen LogP contribution in [0.15, 0.2) is 206 Å². The lowest BCUT2D eigenvalue weighted by Gasteiger charge is -2.14. The minimum Gasteiger partial charge on any atom is -0.309 e. The summed E-state index contributed by atoms with van der Waals surface area (Å²) in [6.45, 7) is 0. The number of hydrogen-bond acceptors (Lipinski definition) is 1. The topological polar surface area (TPSA) is 27.7 Å². The fourth-order valence-electron chi connectivity index (χ4n) is 9.79. The van der Waals surface area contributed by atoms with Gasteiger partial charge in [0, 0.05) is 54.9 Å². The van der Waals surface area contributed by atoms with E-state index in [0.29, 0.717) is 0 Å². The van der Waals surface area contributed by atoms with Gasteiger partial charge in [0.25, 0.3) is 0 Å². The summed E-state index contributed by atoms with van der Waals surface area (Å²) < 4.78 is 7.22. The summed E-state index contributed by atoms with van der Waals surface area (Å²) in [6, 6.07) is 74.9. The van der Waals surface area contributed by atoms with Gasteiger partial charge in [0.2, 0.25) is 0 Å². The van der Waals surface area contributed by atoms with Crippen LogP contribution in [0.3, 0.4) is 0 Å². The van der Waals surface area contributed by atoms with E-state index < -0.39 is 0 Å². The molecule has 59 heavy (non-hydrogen) atoms. The Kier molecular flexibility index (Phi) is 6.69. The van der Waals surface area contributed by atoms with Crippen LogP contribution in [0, 0.1) is 0 Å². The van der Waals surface area contributed by atoms with E-state index in [1.165, 1.54) is 70.5 Å². The Labute approximate surface area is 339 Å². The molecular formula is C55H34N4. The monoisotopic (exact) mass is 750 g/mol. The number of aromatic nitrogens is 4. The van der Waals surface area contributed by atoms with E-state index in [4.69, 9.17) is 4.98 Å². The van der Waals surface area contributed by atoms with Gasteiger partial charge >= 0.3 is 0 Å². The summed E-state index contributed by atoms with van der Waals surface area (Å²) in [4.78, 5) is 5.53. The van der Waals surface area contributed by atoms with Crippen LogP contribution in [-0.2, 0) is 0 Å². The van der Waals surface area contributed by atoms with Gasteiger partial charge < -0.3 is 9.13 Å². The van der Waals surface area contributed by atoms with Crippen molar-refractivity contribution in [3.63, 3.8) is 0 Å². The lowest BCUT2D eigenvalue weighted by Crippen LogP contribution is -2.00. The van der Waals surface area contributed by atoms with Gasteiger partial charge in [0.15, 0.2) is 0 Å². The maximum absolute atomic E-state index is 5.53. The van der Waals surface area contributed by atoms with Crippen molar-refractivity contribution in [2.75, 3.05) is 0 Å². The summed E-state index contributed by atoms with van der Waals surface area (Å²) in [6.07, 6.45) is 0. The molecule has 0 aliphatic rings. The first kappa shape index (κ1) is 32.2. The quantitative estimate of drug-likeness (QED) is 0.165. The normalized spacial score (nSPS) is 12.1. The molecule has 0 fully saturated rings. The van der Waals surface area contributed by atoms with Gasteiger partial charge in [-0.25, -0.2) is 4.98 Å². The Morgan fingerprint density at radius 1 is 0.288 bits per heavy atom. The van der Waals surface area contributed by atoms with Crippen LogP contribution >= 0.6 is 0 Å². The molecule has 0 radical (unpaired) electrons. The fraction of sp³-hybridized carbons (Fsp3) is 0. The molecule has 13 aromatic rings. The Morgan fingerprint density at radius 2 is 0.763 bits per heavy atom. The van der Waals surface area contributed by atoms with E-state index in [2.05, 4.69) is 220 Å². The second kappa shape index (κ2) is 12.3. The van der Waals surface area contributed by atoms with Crippen LogP contribution in [-0.4, -0.2) is 18.7 Å². The summed E-state index contributed by atoms with van der Waals surface area (Å²) in [5.74, 6) is 0.925. The highest BCUT2D eigenvalue weighted by atomic mass is 15.1. The number of rotatable bonds is 4. The van der Waals surface area contributed by atoms with Gasteiger partial charge in [-0.1, -0.05) is 140 Å². The average molecular weight is 751 g/mol. The van der Waals surface area contributed by atoms with Crippen molar-refractivity contribution in [3.05, 3.63) is 206 Å². The lowest BCUT2D eigenvalue weighted by molar-refractivity contribution is 1.10. The highest BCUT2D eigenvalue weighted by Crippen LogP contribution is 2.42. The predicted octanol–water partition coefficient (Wildman–Crippen LogP) is 14.3. The zero-order chi connectivity index (χ0) is 38.6. The summed E-state index contributed by atoms with van der Waals surface area (Å²) in [5.41, 5.74) is 11.3. The molecule has 10 aromatic carbocycles. The number of hydrogen-bond donors (Lipinski definition) is 0. The zero-order valence-corrected chi connectivity index (χ0v) is 31.9. The molecule has 0 N–H and O–H groups in total. The van der Waals surface area contributed by atoms with E-state index in [-0.39, 0.29) is 0 Å². The fourth-order valence-corrected chi connectivity index (χ4v) is 9.79. The van der Waals surface area contributed by atoms with E-state index in [1.54, 1.807) is 0 Å². The largest absolute Gasteiger partial charge is 0.309 e. The molecule has 0 unspecified atom stereocenters. The summed E-state index contributed by atoms with van der Waals surface area (Å²) in [5, 5.41) is 12.1. The molecule has 4 nitrogen and oxygen atoms in total. The number of fused-ring (bicyclic) bond motifs is 13. The van der Waals surface area contributed by atoms with Gasteiger partial charge in [-0.15, -0.1) is 0 Å². The minimum atomic E-state index is 0.925. The maximum atomic E-state index is 5.53. The first-order chi connectivity index (χ1) is 29.3. The van der Waals surface area contributed by atoms with Crippen LogP contribution in [0.2, 0.25) is 0 Å². The van der Waals surface area contributed by atoms with Gasteiger partial charge in [-0.05, 0) is 88.3 Å². The first-order valence-electron chi connectivity index (χ1n) is 20.2. The van der Waals surface area contributed by atoms with Crippen molar-refractivity contribution >= 4 is 87.0 Å². The zero-order valence-electron chi connectivity index (χ0n) is 31.9. The molecule has 0 saturated carbocycles. The standard InChI is InChI=1S/C55H34N4/c1-2-16-38(17-3-1)57-49-24-12-10-20-43(49)47-34-52-48(33-51(47)57)44-21-11-13-25-50(44)58(52)39-28-30-40(31-29-39)59-54-46-23-9-7-19-42(46)41-18-6-8-22-45(41)53(54)56-55(59)37-27-26-35-14-4-5-15-36(35)32-37/h1-34H.